The Kier molecular flexibility index (Phi) is 6.19. The largest absolute Gasteiger partial charge is 0.493 e. The van der Waals surface area contributed by atoms with Crippen molar-refractivity contribution < 1.29 is 19.0 Å². The molecule has 0 saturated carbocycles. The zero-order valence-corrected chi connectivity index (χ0v) is 16.4. The number of piperazine rings is 1. The minimum absolute atomic E-state index is 0.0460. The first-order chi connectivity index (χ1) is 13.7. The summed E-state index contributed by atoms with van der Waals surface area (Å²) < 4.78 is 17.6. The third-order valence-corrected chi connectivity index (χ3v) is 5.54. The molecule has 4 rings (SSSR count). The highest BCUT2D eigenvalue weighted by molar-refractivity contribution is 6.18. The highest BCUT2D eigenvalue weighted by atomic mass is 16.5. The average Bonchev–Trinajstić information content (AvgIpc) is 2.70. The molecule has 3 aliphatic heterocycles. The van der Waals surface area contributed by atoms with Gasteiger partial charge in [-0.05, 0) is 7.05 Å². The first kappa shape index (κ1) is 19.3. The third kappa shape index (κ3) is 4.68. The molecule has 0 aromatic rings. The van der Waals surface area contributed by atoms with Gasteiger partial charge < -0.3 is 19.1 Å². The number of likely N-dealkylation sites (N-methyl/N-ethyl adjacent to an activating group) is 1. The highest BCUT2D eigenvalue weighted by Crippen LogP contribution is 2.29. The van der Waals surface area contributed by atoms with E-state index in [-0.39, 0.29) is 12.0 Å². The van der Waals surface area contributed by atoms with E-state index in [0.29, 0.717) is 37.1 Å². The van der Waals surface area contributed by atoms with Crippen molar-refractivity contribution in [3.63, 3.8) is 0 Å². The van der Waals surface area contributed by atoms with Gasteiger partial charge in [-0.1, -0.05) is 0 Å². The fourth-order valence-corrected chi connectivity index (χ4v) is 3.76. The van der Waals surface area contributed by atoms with Gasteiger partial charge in [0.15, 0.2) is 0 Å². The Labute approximate surface area is 165 Å². The second kappa shape index (κ2) is 8.98. The van der Waals surface area contributed by atoms with E-state index < -0.39 is 5.92 Å². The van der Waals surface area contributed by atoms with Crippen molar-refractivity contribution >= 4 is 18.0 Å². The number of carbonyl (C=O) groups excluding carboxylic acids is 1. The maximum atomic E-state index is 12.3. The number of hydrogen-bond acceptors (Lipinski definition) is 7. The van der Waals surface area contributed by atoms with Gasteiger partial charge in [0.25, 0.3) is 5.91 Å². The van der Waals surface area contributed by atoms with Gasteiger partial charge in [-0.25, -0.2) is 9.98 Å². The smallest absolute Gasteiger partial charge is 0.263 e. The van der Waals surface area contributed by atoms with Gasteiger partial charge in [-0.15, -0.1) is 0 Å². The fourth-order valence-electron chi connectivity index (χ4n) is 3.76. The molecule has 8 heteroatoms. The molecule has 28 heavy (non-hydrogen) atoms. The fraction of sp³-hybridized carbons (Fsp3) is 0.650. The minimum Gasteiger partial charge on any atom is -0.493 e. The first-order valence-corrected chi connectivity index (χ1v) is 10.0. The van der Waals surface area contributed by atoms with Crippen LogP contribution in [-0.4, -0.2) is 93.5 Å². The van der Waals surface area contributed by atoms with Crippen LogP contribution < -0.4 is 0 Å². The third-order valence-electron chi connectivity index (χ3n) is 5.54. The van der Waals surface area contributed by atoms with E-state index in [1.165, 1.54) is 6.34 Å². The van der Waals surface area contributed by atoms with Crippen molar-refractivity contribution in [2.75, 3.05) is 59.6 Å². The molecular weight excluding hydrogens is 360 g/mol. The molecule has 1 atom stereocenters. The van der Waals surface area contributed by atoms with Crippen molar-refractivity contribution in [1.29, 1.82) is 0 Å². The molecule has 0 spiro atoms. The zero-order valence-electron chi connectivity index (χ0n) is 16.4. The van der Waals surface area contributed by atoms with Crippen molar-refractivity contribution in [3.8, 4) is 0 Å². The SMILES string of the molecule is CN1CCN(CCOC2=CC3=NC=NC(=O)C3C(OC3CCOCC3)=C2)CC1. The minimum atomic E-state index is -0.558. The molecule has 2 fully saturated rings. The number of allylic oxidation sites excluding steroid dienone is 2. The van der Waals surface area contributed by atoms with Crippen molar-refractivity contribution in [1.82, 2.24) is 9.80 Å². The van der Waals surface area contributed by atoms with E-state index in [1.807, 2.05) is 12.2 Å². The van der Waals surface area contributed by atoms with Crippen LogP contribution in [0.3, 0.4) is 0 Å². The summed E-state index contributed by atoms with van der Waals surface area (Å²) in [4.78, 5) is 25.2. The monoisotopic (exact) mass is 388 g/mol. The Morgan fingerprint density at radius 2 is 1.96 bits per heavy atom. The van der Waals surface area contributed by atoms with Gasteiger partial charge in [0.05, 0.1) is 18.9 Å². The second-order valence-electron chi connectivity index (χ2n) is 7.59. The number of hydrogen-bond donors (Lipinski definition) is 0. The summed E-state index contributed by atoms with van der Waals surface area (Å²) >= 11 is 0. The molecule has 1 amide bonds. The van der Waals surface area contributed by atoms with Gasteiger partial charge >= 0.3 is 0 Å². The van der Waals surface area contributed by atoms with Crippen LogP contribution in [0.15, 0.2) is 33.7 Å². The normalized spacial score (nSPS) is 27.0. The lowest BCUT2D eigenvalue weighted by Crippen LogP contribution is -2.45. The predicted molar refractivity (Wildman–Crippen MR) is 105 cm³/mol. The molecule has 8 nitrogen and oxygen atoms in total. The lowest BCUT2D eigenvalue weighted by atomic mass is 9.93. The molecule has 152 valence electrons. The maximum Gasteiger partial charge on any atom is 0.263 e. The molecule has 2 saturated heterocycles. The number of fused-ring (bicyclic) bond motifs is 1. The highest BCUT2D eigenvalue weighted by Gasteiger charge is 2.35. The van der Waals surface area contributed by atoms with E-state index in [1.54, 1.807) is 0 Å². The summed E-state index contributed by atoms with van der Waals surface area (Å²) in [5, 5.41) is 0. The van der Waals surface area contributed by atoms with Gasteiger partial charge in [-0.3, -0.25) is 9.69 Å². The quantitative estimate of drug-likeness (QED) is 0.672. The van der Waals surface area contributed by atoms with E-state index in [4.69, 9.17) is 14.2 Å². The van der Waals surface area contributed by atoms with Crippen molar-refractivity contribution in [2.45, 2.75) is 18.9 Å². The molecule has 1 unspecified atom stereocenters. The topological polar surface area (TPSA) is 76.0 Å². The van der Waals surface area contributed by atoms with Crippen LogP contribution >= 0.6 is 0 Å². The molecule has 3 heterocycles. The molecule has 0 aromatic carbocycles. The summed E-state index contributed by atoms with van der Waals surface area (Å²) in [6, 6.07) is 0. The molecule has 0 N–H and O–H groups in total. The first-order valence-electron chi connectivity index (χ1n) is 10.0. The van der Waals surface area contributed by atoms with Crippen molar-refractivity contribution in [3.05, 3.63) is 23.7 Å². The molecule has 4 aliphatic rings. The number of nitrogens with zero attached hydrogens (tertiary/aromatic N) is 4. The van der Waals surface area contributed by atoms with Gasteiger partial charge in [0.1, 0.15) is 36.5 Å². The second-order valence-corrected chi connectivity index (χ2v) is 7.59. The average molecular weight is 388 g/mol. The summed E-state index contributed by atoms with van der Waals surface area (Å²) in [6.45, 7) is 7.14. The van der Waals surface area contributed by atoms with Gasteiger partial charge in [-0.2, -0.15) is 0 Å². The van der Waals surface area contributed by atoms with Crippen LogP contribution in [0.1, 0.15) is 12.8 Å². The predicted octanol–water partition coefficient (Wildman–Crippen LogP) is 0.853. The molecule has 0 aromatic heterocycles. The van der Waals surface area contributed by atoms with E-state index in [0.717, 1.165) is 45.6 Å². The molecule has 0 radical (unpaired) electrons. The maximum absolute atomic E-state index is 12.3. The summed E-state index contributed by atoms with van der Waals surface area (Å²) in [5.74, 6) is 0.479. The van der Waals surface area contributed by atoms with Gasteiger partial charge in [0, 0.05) is 57.7 Å². The Morgan fingerprint density at radius 3 is 2.75 bits per heavy atom. The van der Waals surface area contributed by atoms with Gasteiger partial charge in [0.2, 0.25) is 0 Å². The van der Waals surface area contributed by atoms with Crippen molar-refractivity contribution in [2.24, 2.45) is 15.9 Å². The Balaban J connectivity index is 1.39. The molecular formula is C20H28N4O4. The van der Waals surface area contributed by atoms with Crippen LogP contribution in [0.2, 0.25) is 0 Å². The number of aliphatic imine (C=N–C) groups is 2. The number of amides is 1. The molecule has 0 bridgehead atoms. The standard InChI is InChI=1S/C20H28N4O4/c1-23-4-6-24(7-5-23)8-11-27-16-12-17-19(20(25)22-14-21-17)18(13-16)28-15-2-9-26-10-3-15/h12-15,19H,2-11H2,1H3. The number of carbonyl (C=O) groups is 1. The molecule has 1 aliphatic carbocycles. The Bertz CT molecular complexity index is 701. The Morgan fingerprint density at radius 1 is 1.18 bits per heavy atom. The van der Waals surface area contributed by atoms with Crippen LogP contribution in [-0.2, 0) is 19.0 Å². The van der Waals surface area contributed by atoms with Crippen LogP contribution in [0.4, 0.5) is 0 Å². The zero-order chi connectivity index (χ0) is 19.3. The number of rotatable bonds is 6. The summed E-state index contributed by atoms with van der Waals surface area (Å²) in [6.07, 6.45) is 6.65. The lowest BCUT2D eigenvalue weighted by Gasteiger charge is -2.32. The van der Waals surface area contributed by atoms with E-state index in [9.17, 15) is 4.79 Å². The number of ether oxygens (including phenoxy) is 3. The van der Waals surface area contributed by atoms with Crippen LogP contribution in [0, 0.1) is 5.92 Å². The summed E-state index contributed by atoms with van der Waals surface area (Å²) in [7, 11) is 2.15. The lowest BCUT2D eigenvalue weighted by molar-refractivity contribution is -0.120. The summed E-state index contributed by atoms with van der Waals surface area (Å²) in [5.41, 5.74) is 0.638. The Hall–Kier alpha value is -2.03. The van der Waals surface area contributed by atoms with Crippen LogP contribution in [0.25, 0.3) is 0 Å². The van der Waals surface area contributed by atoms with E-state index >= 15 is 0 Å². The van der Waals surface area contributed by atoms with E-state index in [2.05, 4.69) is 26.8 Å². The van der Waals surface area contributed by atoms with Crippen LogP contribution in [0.5, 0.6) is 0 Å².